The van der Waals surface area contributed by atoms with Crippen LogP contribution in [-0.4, -0.2) is 39.6 Å². The Bertz CT molecular complexity index is 758. The molecule has 6 nitrogen and oxygen atoms in total. The van der Waals surface area contributed by atoms with Crippen molar-refractivity contribution in [3.8, 4) is 0 Å². The van der Waals surface area contributed by atoms with Gasteiger partial charge in [-0.25, -0.2) is 9.97 Å². The molecule has 0 spiro atoms. The number of nitrogens with zero attached hydrogens (tertiary/aromatic N) is 5. The van der Waals surface area contributed by atoms with Gasteiger partial charge in [-0.1, -0.05) is 6.08 Å². The van der Waals surface area contributed by atoms with Gasteiger partial charge >= 0.3 is 6.18 Å². The number of nitrogens with two attached hydrogens (primary N) is 1. The number of alkyl halides is 3. The van der Waals surface area contributed by atoms with Crippen LogP contribution in [-0.2, 0) is 0 Å². The normalized spacial score (nSPS) is 20.6. The van der Waals surface area contributed by atoms with Gasteiger partial charge in [0, 0.05) is 12.4 Å². The van der Waals surface area contributed by atoms with Crippen LogP contribution in [0.4, 0.5) is 18.9 Å². The molecule has 3 rings (SSSR count). The van der Waals surface area contributed by atoms with E-state index in [0.29, 0.717) is 24.1 Å². The van der Waals surface area contributed by atoms with Gasteiger partial charge in [-0.2, -0.15) is 13.2 Å². The molecule has 1 aromatic rings. The smallest absolute Gasteiger partial charge is 0.395 e. The molecule has 0 saturated carbocycles. The Hall–Kier alpha value is -2.97. The number of fused-ring (bicyclic) bond motifs is 1. The Morgan fingerprint density at radius 2 is 2.04 bits per heavy atom. The van der Waals surface area contributed by atoms with Crippen molar-refractivity contribution in [3.63, 3.8) is 0 Å². The molecule has 124 valence electrons. The zero-order valence-electron chi connectivity index (χ0n) is 12.4. The van der Waals surface area contributed by atoms with Gasteiger partial charge in [-0.05, 0) is 18.2 Å². The van der Waals surface area contributed by atoms with Crippen molar-refractivity contribution in [2.24, 2.45) is 15.7 Å². The lowest BCUT2D eigenvalue weighted by Gasteiger charge is -2.15. The highest BCUT2D eigenvalue weighted by Gasteiger charge is 2.30. The average molecular weight is 334 g/mol. The Morgan fingerprint density at radius 3 is 2.71 bits per heavy atom. The molecule has 0 aliphatic carbocycles. The van der Waals surface area contributed by atoms with Gasteiger partial charge in [0.1, 0.15) is 17.6 Å². The molecule has 1 atom stereocenters. The van der Waals surface area contributed by atoms with E-state index in [1.165, 1.54) is 12.4 Å². The molecule has 0 radical (unpaired) electrons. The van der Waals surface area contributed by atoms with Crippen LogP contribution in [0.5, 0.6) is 0 Å². The maximum Gasteiger partial charge on any atom is 0.430 e. The van der Waals surface area contributed by atoms with Crippen molar-refractivity contribution in [2.45, 2.75) is 12.2 Å². The summed E-state index contributed by atoms with van der Waals surface area (Å²) in [6.45, 7) is 0.643. The second kappa shape index (κ2) is 6.26. The minimum Gasteiger partial charge on any atom is -0.395 e. The highest BCUT2D eigenvalue weighted by Crippen LogP contribution is 2.25. The fraction of sp³-hybridized carbons (Fsp3) is 0.200. The lowest BCUT2D eigenvalue weighted by Crippen LogP contribution is -2.22. The summed E-state index contributed by atoms with van der Waals surface area (Å²) in [5, 5.41) is 0. The third kappa shape index (κ3) is 3.50. The topological polar surface area (TPSA) is 79.8 Å². The fourth-order valence-corrected chi connectivity index (χ4v) is 2.13. The molecule has 2 aliphatic heterocycles. The fourth-order valence-electron chi connectivity index (χ4n) is 2.13. The number of aromatic nitrogens is 2. The molecule has 1 aromatic heterocycles. The van der Waals surface area contributed by atoms with Gasteiger partial charge in [-0.3, -0.25) is 9.98 Å². The molecule has 0 fully saturated rings. The molecule has 3 heterocycles. The third-order valence-corrected chi connectivity index (χ3v) is 3.34. The predicted molar refractivity (Wildman–Crippen MR) is 83.7 cm³/mol. The SMILES string of the molecule is NC(=CC=Nc1cnc(C2CN3C=CC=CC3=N2)nc1)C(F)(F)F. The summed E-state index contributed by atoms with van der Waals surface area (Å²) >= 11 is 0. The van der Waals surface area contributed by atoms with E-state index < -0.39 is 11.9 Å². The lowest BCUT2D eigenvalue weighted by molar-refractivity contribution is -0.0925. The molecule has 2 N–H and O–H groups in total. The largest absolute Gasteiger partial charge is 0.430 e. The van der Waals surface area contributed by atoms with Crippen molar-refractivity contribution < 1.29 is 13.2 Å². The molecule has 0 aromatic carbocycles. The van der Waals surface area contributed by atoms with Gasteiger partial charge in [0.25, 0.3) is 0 Å². The summed E-state index contributed by atoms with van der Waals surface area (Å²) in [5.74, 6) is 1.38. The lowest BCUT2D eigenvalue weighted by atomic mass is 10.3. The van der Waals surface area contributed by atoms with E-state index in [1.807, 2.05) is 29.3 Å². The van der Waals surface area contributed by atoms with E-state index in [4.69, 9.17) is 5.73 Å². The predicted octanol–water partition coefficient (Wildman–Crippen LogP) is 2.42. The second-order valence-electron chi connectivity index (χ2n) is 5.05. The van der Waals surface area contributed by atoms with E-state index in [2.05, 4.69) is 20.0 Å². The number of allylic oxidation sites excluding steroid dienone is 4. The van der Waals surface area contributed by atoms with Crippen LogP contribution >= 0.6 is 0 Å². The zero-order valence-corrected chi connectivity index (χ0v) is 12.4. The molecular weight excluding hydrogens is 321 g/mol. The first-order chi connectivity index (χ1) is 11.4. The summed E-state index contributed by atoms with van der Waals surface area (Å²) in [5.41, 5.74) is 3.97. The minimum absolute atomic E-state index is 0.189. The molecule has 0 bridgehead atoms. The van der Waals surface area contributed by atoms with Gasteiger partial charge in [0.2, 0.25) is 0 Å². The average Bonchev–Trinajstić information content (AvgIpc) is 2.98. The summed E-state index contributed by atoms with van der Waals surface area (Å²) in [6, 6.07) is -0.189. The number of halogens is 3. The first-order valence-corrected chi connectivity index (χ1v) is 7.02. The molecule has 1 unspecified atom stereocenters. The molecule has 2 aliphatic rings. The quantitative estimate of drug-likeness (QED) is 0.861. The maximum atomic E-state index is 12.2. The van der Waals surface area contributed by atoms with Crippen molar-refractivity contribution in [1.82, 2.24) is 14.9 Å². The second-order valence-corrected chi connectivity index (χ2v) is 5.05. The highest BCUT2D eigenvalue weighted by atomic mass is 19.4. The van der Waals surface area contributed by atoms with Crippen molar-refractivity contribution in [1.29, 1.82) is 0 Å². The molecule has 0 amide bonds. The number of aliphatic imine (C=N–C) groups is 2. The maximum absolute atomic E-state index is 12.2. The van der Waals surface area contributed by atoms with Crippen LogP contribution in [0.1, 0.15) is 11.9 Å². The first kappa shape index (κ1) is 15.9. The Labute approximate surface area is 135 Å². The molecule has 24 heavy (non-hydrogen) atoms. The number of rotatable bonds is 3. The van der Waals surface area contributed by atoms with E-state index in [-0.39, 0.29) is 6.04 Å². The van der Waals surface area contributed by atoms with Crippen LogP contribution in [0.25, 0.3) is 0 Å². The number of hydrogen-bond donors (Lipinski definition) is 1. The van der Waals surface area contributed by atoms with E-state index in [0.717, 1.165) is 12.1 Å². The van der Waals surface area contributed by atoms with E-state index in [1.54, 1.807) is 0 Å². The number of amidine groups is 1. The van der Waals surface area contributed by atoms with Gasteiger partial charge in [-0.15, -0.1) is 0 Å². The minimum atomic E-state index is -4.57. The van der Waals surface area contributed by atoms with E-state index >= 15 is 0 Å². The molecule has 0 saturated heterocycles. The first-order valence-electron chi connectivity index (χ1n) is 7.02. The zero-order chi connectivity index (χ0) is 17.2. The van der Waals surface area contributed by atoms with Gasteiger partial charge in [0.05, 0.1) is 24.6 Å². The third-order valence-electron chi connectivity index (χ3n) is 3.34. The summed E-state index contributed by atoms with van der Waals surface area (Å²) < 4.78 is 36.7. The van der Waals surface area contributed by atoms with Crippen LogP contribution in [0.15, 0.2) is 58.6 Å². The van der Waals surface area contributed by atoms with Gasteiger partial charge in [0.15, 0.2) is 5.82 Å². The Balaban J connectivity index is 1.67. The van der Waals surface area contributed by atoms with Crippen molar-refractivity contribution in [3.05, 3.63) is 54.4 Å². The van der Waals surface area contributed by atoms with E-state index in [9.17, 15) is 13.2 Å². The summed E-state index contributed by atoms with van der Waals surface area (Å²) in [4.78, 5) is 18.7. The molecule has 9 heteroatoms. The summed E-state index contributed by atoms with van der Waals surface area (Å²) in [7, 11) is 0. The molecular formula is C15H13F3N6. The monoisotopic (exact) mass is 334 g/mol. The van der Waals surface area contributed by atoms with Crippen LogP contribution < -0.4 is 5.73 Å². The van der Waals surface area contributed by atoms with Crippen molar-refractivity contribution in [2.75, 3.05) is 6.54 Å². The van der Waals surface area contributed by atoms with Crippen LogP contribution in [0, 0.1) is 0 Å². The van der Waals surface area contributed by atoms with Crippen molar-refractivity contribution >= 4 is 17.7 Å². The van der Waals surface area contributed by atoms with Crippen LogP contribution in [0.2, 0.25) is 0 Å². The Kier molecular flexibility index (Phi) is 4.15. The summed E-state index contributed by atoms with van der Waals surface area (Å²) in [6.07, 6.45) is 7.59. The highest BCUT2D eigenvalue weighted by molar-refractivity contribution is 5.96. The van der Waals surface area contributed by atoms with Crippen LogP contribution in [0.3, 0.4) is 0 Å². The standard InChI is InChI=1S/C15H13F3N6/c16-15(17,18)12(19)4-5-20-10-7-21-14(22-8-10)11-9-24-6-2-1-3-13(24)23-11/h1-8,11H,9,19H2. The van der Waals surface area contributed by atoms with Gasteiger partial charge < -0.3 is 10.6 Å². The Morgan fingerprint density at radius 1 is 1.29 bits per heavy atom. The number of hydrogen-bond acceptors (Lipinski definition) is 6.